The van der Waals surface area contributed by atoms with Crippen molar-refractivity contribution in [3.63, 3.8) is 0 Å². The summed E-state index contributed by atoms with van der Waals surface area (Å²) < 4.78 is 0. The van der Waals surface area contributed by atoms with E-state index in [1.807, 2.05) is 0 Å². The van der Waals surface area contributed by atoms with Gasteiger partial charge in [-0.05, 0) is 18.6 Å². The first-order valence-corrected chi connectivity index (χ1v) is 3.94. The minimum atomic E-state index is -1.12. The normalized spacial score (nSPS) is 24.5. The summed E-state index contributed by atoms with van der Waals surface area (Å²) in [6, 6.07) is 0. The van der Waals surface area contributed by atoms with E-state index in [2.05, 4.69) is 0 Å². The summed E-state index contributed by atoms with van der Waals surface area (Å²) in [5, 5.41) is 8.64. The first kappa shape index (κ1) is 9.64. The zero-order valence-electron chi connectivity index (χ0n) is 7.40. The second-order valence-corrected chi connectivity index (χ2v) is 3.20. The van der Waals surface area contributed by atoms with Crippen LogP contribution in [0.1, 0.15) is 13.8 Å². The average molecular weight is 182 g/mol. The number of rotatable bonds is 2. The molecule has 1 aliphatic rings. The van der Waals surface area contributed by atoms with Crippen molar-refractivity contribution in [3.05, 3.63) is 11.6 Å². The molecule has 2 unspecified atom stereocenters. The zero-order chi connectivity index (χ0) is 10.2. The standard InChI is InChI=1S/C9H10O4/c1-4-3-6(10)7(8(4)11)5(2)9(12)13/h3,5,7H,1-2H3,(H,12,13). The molecular weight excluding hydrogens is 172 g/mol. The average Bonchev–Trinajstić information content (AvgIpc) is 2.26. The molecule has 2 atom stereocenters. The SMILES string of the molecule is CC1=CC(=O)C(C(C)C(=O)O)C1=O. The van der Waals surface area contributed by atoms with Crippen LogP contribution in [0, 0.1) is 11.8 Å². The molecule has 0 heterocycles. The van der Waals surface area contributed by atoms with Gasteiger partial charge in [0.15, 0.2) is 11.6 Å². The van der Waals surface area contributed by atoms with E-state index < -0.39 is 23.6 Å². The second-order valence-electron chi connectivity index (χ2n) is 3.20. The van der Waals surface area contributed by atoms with Gasteiger partial charge in [-0.1, -0.05) is 6.92 Å². The monoisotopic (exact) mass is 182 g/mol. The molecule has 0 saturated carbocycles. The molecule has 4 heteroatoms. The summed E-state index contributed by atoms with van der Waals surface area (Å²) in [5.74, 6) is -3.81. The van der Waals surface area contributed by atoms with Crippen LogP contribution in [-0.4, -0.2) is 22.6 Å². The number of carboxylic acid groups (broad SMARTS) is 1. The van der Waals surface area contributed by atoms with Crippen LogP contribution in [0.2, 0.25) is 0 Å². The summed E-state index contributed by atoms with van der Waals surface area (Å²) in [7, 11) is 0. The highest BCUT2D eigenvalue weighted by atomic mass is 16.4. The minimum Gasteiger partial charge on any atom is -0.481 e. The maximum atomic E-state index is 11.3. The highest BCUT2D eigenvalue weighted by Crippen LogP contribution is 2.24. The molecule has 0 bridgehead atoms. The largest absolute Gasteiger partial charge is 0.481 e. The van der Waals surface area contributed by atoms with Crippen LogP contribution in [0.15, 0.2) is 11.6 Å². The van der Waals surface area contributed by atoms with Gasteiger partial charge in [-0.3, -0.25) is 14.4 Å². The van der Waals surface area contributed by atoms with E-state index in [9.17, 15) is 14.4 Å². The number of hydrogen-bond acceptors (Lipinski definition) is 3. The Morgan fingerprint density at radius 2 is 2.08 bits per heavy atom. The third-order valence-electron chi connectivity index (χ3n) is 2.23. The molecule has 1 rings (SSSR count). The lowest BCUT2D eigenvalue weighted by Gasteiger charge is -2.11. The molecule has 4 nitrogen and oxygen atoms in total. The van der Waals surface area contributed by atoms with E-state index in [-0.39, 0.29) is 5.78 Å². The van der Waals surface area contributed by atoms with Crippen LogP contribution in [0.5, 0.6) is 0 Å². The van der Waals surface area contributed by atoms with E-state index in [4.69, 9.17) is 5.11 Å². The van der Waals surface area contributed by atoms with Gasteiger partial charge in [0.2, 0.25) is 0 Å². The number of aliphatic carboxylic acids is 1. The van der Waals surface area contributed by atoms with Crippen LogP contribution in [0.4, 0.5) is 0 Å². The smallest absolute Gasteiger partial charge is 0.307 e. The van der Waals surface area contributed by atoms with Gasteiger partial charge >= 0.3 is 5.97 Å². The quantitative estimate of drug-likeness (QED) is 0.628. The summed E-state index contributed by atoms with van der Waals surface area (Å²) in [5.41, 5.74) is 0.350. The number of ketones is 2. The molecule has 0 aromatic carbocycles. The fourth-order valence-corrected chi connectivity index (χ4v) is 1.36. The van der Waals surface area contributed by atoms with Crippen LogP contribution in [0.25, 0.3) is 0 Å². The fourth-order valence-electron chi connectivity index (χ4n) is 1.36. The maximum absolute atomic E-state index is 11.3. The van der Waals surface area contributed by atoms with Crippen molar-refractivity contribution >= 4 is 17.5 Å². The summed E-state index contributed by atoms with van der Waals surface area (Å²) in [6.07, 6.45) is 1.21. The van der Waals surface area contributed by atoms with Crippen molar-refractivity contribution in [2.24, 2.45) is 11.8 Å². The number of carbonyl (C=O) groups excluding carboxylic acids is 2. The van der Waals surface area contributed by atoms with Gasteiger partial charge < -0.3 is 5.11 Å². The van der Waals surface area contributed by atoms with E-state index in [0.717, 1.165) is 0 Å². The Kier molecular flexibility index (Phi) is 2.32. The van der Waals surface area contributed by atoms with Gasteiger partial charge in [0.1, 0.15) is 0 Å². The Balaban J connectivity index is 2.91. The van der Waals surface area contributed by atoms with Crippen LogP contribution in [-0.2, 0) is 14.4 Å². The van der Waals surface area contributed by atoms with Crippen molar-refractivity contribution < 1.29 is 19.5 Å². The Hall–Kier alpha value is -1.45. The number of carbonyl (C=O) groups is 3. The molecule has 0 aliphatic heterocycles. The van der Waals surface area contributed by atoms with Crippen molar-refractivity contribution in [3.8, 4) is 0 Å². The maximum Gasteiger partial charge on any atom is 0.307 e. The van der Waals surface area contributed by atoms with Crippen molar-refractivity contribution in [1.29, 1.82) is 0 Å². The summed E-state index contributed by atoms with van der Waals surface area (Å²) in [4.78, 5) is 33.0. The summed E-state index contributed by atoms with van der Waals surface area (Å²) in [6.45, 7) is 2.89. The highest BCUT2D eigenvalue weighted by Gasteiger charge is 2.39. The molecule has 13 heavy (non-hydrogen) atoms. The van der Waals surface area contributed by atoms with Gasteiger partial charge in [-0.15, -0.1) is 0 Å². The third kappa shape index (κ3) is 1.52. The Labute approximate surface area is 75.2 Å². The van der Waals surface area contributed by atoms with Crippen LogP contribution in [0.3, 0.4) is 0 Å². The Morgan fingerprint density at radius 3 is 2.38 bits per heavy atom. The van der Waals surface area contributed by atoms with Crippen molar-refractivity contribution in [1.82, 2.24) is 0 Å². The molecule has 1 aliphatic carbocycles. The molecule has 0 amide bonds. The molecule has 0 aromatic heterocycles. The number of carboxylic acids is 1. The molecule has 0 saturated heterocycles. The Morgan fingerprint density at radius 1 is 1.54 bits per heavy atom. The lowest BCUT2D eigenvalue weighted by molar-refractivity contribution is -0.147. The van der Waals surface area contributed by atoms with Crippen molar-refractivity contribution in [2.45, 2.75) is 13.8 Å². The molecule has 1 N–H and O–H groups in total. The lowest BCUT2D eigenvalue weighted by atomic mass is 9.89. The minimum absolute atomic E-state index is 0.350. The van der Waals surface area contributed by atoms with E-state index >= 15 is 0 Å². The fraction of sp³-hybridized carbons (Fsp3) is 0.444. The van der Waals surface area contributed by atoms with Crippen LogP contribution < -0.4 is 0 Å². The third-order valence-corrected chi connectivity index (χ3v) is 2.23. The number of Topliss-reactive ketones (excluding diaryl/α,β-unsaturated/α-hetero) is 1. The molecular formula is C9H10O4. The molecule has 0 aromatic rings. The van der Waals surface area contributed by atoms with Gasteiger partial charge in [0, 0.05) is 0 Å². The van der Waals surface area contributed by atoms with Gasteiger partial charge in [-0.2, -0.15) is 0 Å². The number of hydrogen-bond donors (Lipinski definition) is 1. The van der Waals surface area contributed by atoms with Crippen molar-refractivity contribution in [2.75, 3.05) is 0 Å². The first-order chi connectivity index (χ1) is 5.95. The Bertz CT molecular complexity index is 314. The molecule has 0 fully saturated rings. The topological polar surface area (TPSA) is 71.4 Å². The van der Waals surface area contributed by atoms with Gasteiger partial charge in [0.05, 0.1) is 11.8 Å². The number of allylic oxidation sites excluding steroid dienone is 2. The predicted octanol–water partition coefficient (Wildman–Crippen LogP) is 0.421. The molecule has 0 radical (unpaired) electrons. The summed E-state index contributed by atoms with van der Waals surface area (Å²) >= 11 is 0. The first-order valence-electron chi connectivity index (χ1n) is 3.94. The molecule has 0 spiro atoms. The van der Waals surface area contributed by atoms with Crippen LogP contribution >= 0.6 is 0 Å². The second kappa shape index (κ2) is 3.12. The predicted molar refractivity (Wildman–Crippen MR) is 44.1 cm³/mol. The molecule has 70 valence electrons. The van der Waals surface area contributed by atoms with Gasteiger partial charge in [0.25, 0.3) is 0 Å². The lowest BCUT2D eigenvalue weighted by Crippen LogP contribution is -2.29. The van der Waals surface area contributed by atoms with Gasteiger partial charge in [-0.25, -0.2) is 0 Å². The van der Waals surface area contributed by atoms with E-state index in [0.29, 0.717) is 5.57 Å². The zero-order valence-corrected chi connectivity index (χ0v) is 7.40. The van der Waals surface area contributed by atoms with E-state index in [1.54, 1.807) is 0 Å². The van der Waals surface area contributed by atoms with E-state index in [1.165, 1.54) is 19.9 Å². The highest BCUT2D eigenvalue weighted by molar-refractivity contribution is 6.22.